The molecule has 0 saturated carbocycles. The molecule has 5 atom stereocenters. The molecule has 61 heavy (non-hydrogen) atoms. The van der Waals surface area contributed by atoms with Gasteiger partial charge in [0.15, 0.2) is 12.2 Å². The third kappa shape index (κ3) is 12.2. The summed E-state index contributed by atoms with van der Waals surface area (Å²) in [4.78, 5) is 67.9. The van der Waals surface area contributed by atoms with E-state index in [1.807, 2.05) is 60.5 Å². The van der Waals surface area contributed by atoms with Crippen LogP contribution in [0.15, 0.2) is 130 Å². The Labute approximate surface area is 363 Å². The van der Waals surface area contributed by atoms with Gasteiger partial charge < -0.3 is 33.9 Å². The molecule has 0 bridgehead atoms. The van der Waals surface area contributed by atoms with E-state index < -0.39 is 65.4 Å². The second-order valence-corrected chi connectivity index (χ2v) is 15.7. The van der Waals surface area contributed by atoms with E-state index in [1.165, 1.54) is 25.8 Å². The van der Waals surface area contributed by atoms with Gasteiger partial charge in [0.2, 0.25) is 5.91 Å². The van der Waals surface area contributed by atoms with Gasteiger partial charge in [0.1, 0.15) is 23.2 Å². The molecule has 4 aromatic rings. The minimum Gasteiger partial charge on any atom is -0.497 e. The summed E-state index contributed by atoms with van der Waals surface area (Å²) in [5.74, 6) is -3.99. The molecule has 1 aliphatic rings. The predicted octanol–water partition coefficient (Wildman–Crippen LogP) is 8.38. The number of rotatable bonds is 18. The van der Waals surface area contributed by atoms with Crippen LogP contribution in [0.25, 0.3) is 0 Å². The number of azo groups is 1. The Bertz CT molecular complexity index is 2230. The summed E-state index contributed by atoms with van der Waals surface area (Å²) < 4.78 is 26.4. The number of methoxy groups -OCH3 is 1. The van der Waals surface area contributed by atoms with Crippen molar-refractivity contribution in [2.24, 2.45) is 16.1 Å². The van der Waals surface area contributed by atoms with Gasteiger partial charge in [-0.05, 0) is 66.1 Å². The third-order valence-electron chi connectivity index (χ3n) is 9.48. The lowest BCUT2D eigenvalue weighted by Crippen LogP contribution is -2.50. The maximum absolute atomic E-state index is 15.5. The second kappa shape index (κ2) is 21.4. The number of carbonyl (C=O) groups is 5. The molecule has 1 aliphatic heterocycles. The molecule has 5 rings (SSSR count). The Hall–Kier alpha value is -6.19. The van der Waals surface area contributed by atoms with Crippen LogP contribution < -0.4 is 10.1 Å². The first kappa shape index (κ1) is 45.9. The van der Waals surface area contributed by atoms with Crippen molar-refractivity contribution in [1.82, 2.24) is 4.90 Å². The summed E-state index contributed by atoms with van der Waals surface area (Å²) in [6, 6.07) is 32.3. The van der Waals surface area contributed by atoms with Gasteiger partial charge >= 0.3 is 23.9 Å². The number of carbonyl (C=O) groups excluding carboxylic acids is 5. The van der Waals surface area contributed by atoms with Gasteiger partial charge in [0.05, 0.1) is 23.5 Å². The topological polar surface area (TPSA) is 171 Å². The van der Waals surface area contributed by atoms with E-state index in [1.54, 1.807) is 60.7 Å². The number of thioether (sulfide) groups is 1. The Morgan fingerprint density at radius 1 is 0.754 bits per heavy atom. The lowest BCUT2D eigenvalue weighted by Gasteiger charge is -2.38. The zero-order valence-corrected chi connectivity index (χ0v) is 36.1. The van der Waals surface area contributed by atoms with Crippen molar-refractivity contribution in [3.63, 3.8) is 0 Å². The fourth-order valence-corrected chi connectivity index (χ4v) is 8.58. The number of halogens is 1. The van der Waals surface area contributed by atoms with Gasteiger partial charge in [-0.1, -0.05) is 84.0 Å². The van der Waals surface area contributed by atoms with Gasteiger partial charge in [-0.2, -0.15) is 10.2 Å². The molecule has 0 aromatic heterocycles. The number of hydrogen-bond donors (Lipinski definition) is 1. The van der Waals surface area contributed by atoms with E-state index in [2.05, 4.69) is 10.4 Å². The zero-order chi connectivity index (χ0) is 44.1. The van der Waals surface area contributed by atoms with Crippen LogP contribution in [0.3, 0.4) is 0 Å². The number of esters is 4. The third-order valence-corrected chi connectivity index (χ3v) is 11.5. The fraction of sp³-hybridized carbons (Fsp3) is 0.311. The Morgan fingerprint density at radius 2 is 1.34 bits per heavy atom. The van der Waals surface area contributed by atoms with Gasteiger partial charge in [-0.3, -0.25) is 24.0 Å². The van der Waals surface area contributed by atoms with Crippen LogP contribution in [0.5, 0.6) is 5.75 Å². The number of ether oxygens (including phenoxy) is 5. The summed E-state index contributed by atoms with van der Waals surface area (Å²) in [6.45, 7) is 4.45. The minimum absolute atomic E-state index is 0.259. The first-order valence-corrected chi connectivity index (χ1v) is 20.4. The highest BCUT2D eigenvalue weighted by molar-refractivity contribution is 8.04. The average molecular weight is 871 g/mol. The van der Waals surface area contributed by atoms with E-state index in [-0.39, 0.29) is 6.42 Å². The van der Waals surface area contributed by atoms with Crippen molar-refractivity contribution in [3.05, 3.63) is 136 Å². The molecule has 0 fully saturated rings. The zero-order valence-electron chi connectivity index (χ0n) is 34.5. The molecule has 320 valence electrons. The fourth-order valence-electron chi connectivity index (χ4n) is 6.90. The summed E-state index contributed by atoms with van der Waals surface area (Å²) in [5.41, 5.74) is 2.76. The Morgan fingerprint density at radius 3 is 1.92 bits per heavy atom. The molecule has 14 nitrogen and oxygen atoms in total. The highest BCUT2D eigenvalue weighted by Gasteiger charge is 2.58. The van der Waals surface area contributed by atoms with Crippen LogP contribution in [0.2, 0.25) is 5.02 Å². The quantitative estimate of drug-likeness (QED) is 0.0576. The van der Waals surface area contributed by atoms with Gasteiger partial charge in [-0.25, -0.2) is 0 Å². The standard InChI is InChI=1S/C45H47ClN4O10S/c1-28(51)57-27-40(59-30(3)53)42(60-31(4)54)39(58-29(2)52)25-38-41(49-48-36-19-17-34(46)18-20-36)43(50(5)26-32-13-9-7-10-14-32)61-45(38,33-15-11-8-12-16-33)44(55)47-35-21-23-37(56-6)24-22-35/h7-24,38-40,42H,25-27H2,1-6H3,(H,47,55)/t38-,39+,40+,42-,45+/m0/s1. The van der Waals surface area contributed by atoms with Crippen molar-refractivity contribution in [1.29, 1.82) is 0 Å². The summed E-state index contributed by atoms with van der Waals surface area (Å²) >= 11 is 7.45. The number of anilines is 1. The van der Waals surface area contributed by atoms with Crippen LogP contribution in [-0.2, 0) is 54.2 Å². The van der Waals surface area contributed by atoms with Crippen LogP contribution in [0, 0.1) is 5.92 Å². The normalized spacial score (nSPS) is 17.5. The van der Waals surface area contributed by atoms with Gasteiger partial charge in [-0.15, -0.1) is 0 Å². The minimum atomic E-state index is -1.60. The van der Waals surface area contributed by atoms with E-state index in [0.717, 1.165) is 26.3 Å². The molecule has 1 amide bonds. The first-order valence-electron chi connectivity index (χ1n) is 19.2. The second-order valence-electron chi connectivity index (χ2n) is 14.1. The molecule has 4 aromatic carbocycles. The molecule has 0 aliphatic carbocycles. The summed E-state index contributed by atoms with van der Waals surface area (Å²) in [5, 5.41) is 13.7. The lowest BCUT2D eigenvalue weighted by atomic mass is 9.78. The first-order chi connectivity index (χ1) is 29.2. The van der Waals surface area contributed by atoms with Gasteiger partial charge in [0.25, 0.3) is 0 Å². The van der Waals surface area contributed by atoms with Crippen molar-refractivity contribution >= 4 is 64.5 Å². The van der Waals surface area contributed by atoms with Gasteiger partial charge in [0, 0.05) is 57.9 Å². The smallest absolute Gasteiger partial charge is 0.303 e. The molecular weight excluding hydrogens is 824 g/mol. The molecule has 16 heteroatoms. The predicted molar refractivity (Wildman–Crippen MR) is 230 cm³/mol. The highest BCUT2D eigenvalue weighted by Crippen LogP contribution is 2.60. The van der Waals surface area contributed by atoms with Crippen LogP contribution in [0.4, 0.5) is 11.4 Å². The number of nitrogens with zero attached hydrogens (tertiary/aromatic N) is 3. The number of hydrogen-bond acceptors (Lipinski definition) is 14. The van der Waals surface area contributed by atoms with Crippen molar-refractivity contribution in [3.8, 4) is 5.75 Å². The largest absolute Gasteiger partial charge is 0.497 e. The van der Waals surface area contributed by atoms with E-state index in [4.69, 9.17) is 40.4 Å². The summed E-state index contributed by atoms with van der Waals surface area (Å²) in [6.07, 6.45) is -4.66. The average Bonchev–Trinajstić information content (AvgIpc) is 3.56. The maximum Gasteiger partial charge on any atom is 0.303 e. The van der Waals surface area contributed by atoms with Crippen molar-refractivity contribution in [2.45, 2.75) is 63.7 Å². The molecule has 0 radical (unpaired) electrons. The van der Waals surface area contributed by atoms with E-state index >= 15 is 4.79 Å². The molecule has 1 N–H and O–H groups in total. The van der Waals surface area contributed by atoms with E-state index in [0.29, 0.717) is 45.0 Å². The number of nitrogens with one attached hydrogen (secondary N) is 1. The van der Waals surface area contributed by atoms with Crippen LogP contribution in [-0.4, -0.2) is 73.8 Å². The molecule has 0 unspecified atom stereocenters. The SMILES string of the molecule is COc1ccc(NC(=O)[C@]2(c3ccccc3)SC(N(C)Cc3ccccc3)=C(N=Nc3ccc(Cl)cc3)[C@@H]2C[C@@H](OC(C)=O)[C@H](OC(C)=O)[C@@H](COC(C)=O)OC(C)=O)cc1. The molecular formula is C45H47ClN4O10S. The van der Waals surface area contributed by atoms with Crippen molar-refractivity contribution in [2.75, 3.05) is 26.1 Å². The Kier molecular flexibility index (Phi) is 16.1. The van der Waals surface area contributed by atoms with Crippen LogP contribution in [0.1, 0.15) is 45.2 Å². The maximum atomic E-state index is 15.5. The molecule has 1 heterocycles. The number of allylic oxidation sites excluding steroid dienone is 1. The molecule has 0 spiro atoms. The van der Waals surface area contributed by atoms with E-state index in [9.17, 15) is 19.2 Å². The number of benzene rings is 4. The van der Waals surface area contributed by atoms with Crippen molar-refractivity contribution < 1.29 is 47.7 Å². The highest BCUT2D eigenvalue weighted by atomic mass is 35.5. The lowest BCUT2D eigenvalue weighted by molar-refractivity contribution is -0.190. The molecule has 0 saturated heterocycles. The monoisotopic (exact) mass is 870 g/mol. The van der Waals surface area contributed by atoms with Crippen LogP contribution >= 0.6 is 23.4 Å². The Balaban J connectivity index is 1.79. The number of amides is 1. The summed E-state index contributed by atoms with van der Waals surface area (Å²) in [7, 11) is 3.41.